The molecule has 0 aliphatic heterocycles. The number of rotatable bonds is 6. The Morgan fingerprint density at radius 3 is 2.65 bits per heavy atom. The van der Waals surface area contributed by atoms with Gasteiger partial charge in [0.05, 0.1) is 12.5 Å². The number of benzene rings is 1. The third-order valence-corrected chi connectivity index (χ3v) is 2.72. The van der Waals surface area contributed by atoms with Crippen molar-refractivity contribution < 1.29 is 9.90 Å². The Hall–Kier alpha value is -1.00. The summed E-state index contributed by atoms with van der Waals surface area (Å²) in [6, 6.07) is 7.55. The minimum Gasteiger partial charge on any atom is -0.393 e. The smallest absolute Gasteiger partial charge is 0.224 e. The van der Waals surface area contributed by atoms with Crippen LogP contribution in [0.3, 0.4) is 0 Å². The average Bonchev–Trinajstić information content (AvgIpc) is 2.27. The largest absolute Gasteiger partial charge is 0.393 e. The summed E-state index contributed by atoms with van der Waals surface area (Å²) in [4.78, 5) is 12.4. The van der Waals surface area contributed by atoms with Gasteiger partial charge in [-0.1, -0.05) is 12.1 Å². The Labute approximate surface area is 108 Å². The molecule has 1 aromatic carbocycles. The molecule has 1 unspecified atom stereocenters. The maximum atomic E-state index is 11.5. The molecule has 2 N–H and O–H groups in total. The standard InChI is InChI=1S/C13H19NO2S/c1-10(15)3-2-8-14-13(16)9-11-4-6-12(17)7-5-11/h4-7,10,15,17H,2-3,8-9H2,1H3,(H,14,16). The number of thiol groups is 1. The van der Waals surface area contributed by atoms with Gasteiger partial charge < -0.3 is 10.4 Å². The monoisotopic (exact) mass is 253 g/mol. The van der Waals surface area contributed by atoms with Crippen LogP contribution in [0, 0.1) is 0 Å². The summed E-state index contributed by atoms with van der Waals surface area (Å²) < 4.78 is 0. The highest BCUT2D eigenvalue weighted by Gasteiger charge is 2.03. The molecule has 1 amide bonds. The first-order valence-electron chi connectivity index (χ1n) is 5.80. The quantitative estimate of drug-likeness (QED) is 0.535. The summed E-state index contributed by atoms with van der Waals surface area (Å²) in [5, 5.41) is 11.9. The van der Waals surface area contributed by atoms with E-state index in [1.807, 2.05) is 24.3 Å². The summed E-state index contributed by atoms with van der Waals surface area (Å²) in [7, 11) is 0. The molecule has 3 nitrogen and oxygen atoms in total. The van der Waals surface area contributed by atoms with Crippen LogP contribution in [0.1, 0.15) is 25.3 Å². The number of aliphatic hydroxyl groups excluding tert-OH is 1. The minimum atomic E-state index is -0.296. The zero-order valence-corrected chi connectivity index (χ0v) is 10.9. The number of nitrogens with one attached hydrogen (secondary N) is 1. The summed E-state index contributed by atoms with van der Waals surface area (Å²) in [5.41, 5.74) is 0.982. The lowest BCUT2D eigenvalue weighted by atomic mass is 10.1. The Bertz CT molecular complexity index is 349. The predicted octanol–water partition coefficient (Wildman–Crippen LogP) is 1.79. The Morgan fingerprint density at radius 1 is 1.41 bits per heavy atom. The van der Waals surface area contributed by atoms with Crippen LogP contribution in [0.5, 0.6) is 0 Å². The van der Waals surface area contributed by atoms with Crippen LogP contribution in [-0.4, -0.2) is 23.7 Å². The molecule has 0 fully saturated rings. The van der Waals surface area contributed by atoms with E-state index in [2.05, 4.69) is 17.9 Å². The molecule has 94 valence electrons. The van der Waals surface area contributed by atoms with Gasteiger partial charge in [-0.3, -0.25) is 4.79 Å². The van der Waals surface area contributed by atoms with Gasteiger partial charge in [0.25, 0.3) is 0 Å². The number of amides is 1. The number of hydrogen-bond donors (Lipinski definition) is 3. The Kier molecular flexibility index (Phi) is 6.08. The molecule has 1 aromatic rings. The lowest BCUT2D eigenvalue weighted by molar-refractivity contribution is -0.120. The molecule has 0 saturated carbocycles. The van der Waals surface area contributed by atoms with Gasteiger partial charge in [0.15, 0.2) is 0 Å². The number of carbonyl (C=O) groups excluding carboxylic acids is 1. The van der Waals surface area contributed by atoms with Crippen molar-refractivity contribution in [2.24, 2.45) is 0 Å². The van der Waals surface area contributed by atoms with E-state index in [9.17, 15) is 4.79 Å². The molecule has 0 aliphatic rings. The second-order valence-electron chi connectivity index (χ2n) is 4.18. The average molecular weight is 253 g/mol. The van der Waals surface area contributed by atoms with Crippen molar-refractivity contribution in [1.29, 1.82) is 0 Å². The van der Waals surface area contributed by atoms with E-state index in [-0.39, 0.29) is 12.0 Å². The second kappa shape index (κ2) is 7.35. The summed E-state index contributed by atoms with van der Waals surface area (Å²) in [6.45, 7) is 2.37. The molecule has 0 bridgehead atoms. The fourth-order valence-corrected chi connectivity index (χ4v) is 1.64. The SMILES string of the molecule is CC(O)CCCNC(=O)Cc1ccc(S)cc1. The van der Waals surface area contributed by atoms with Gasteiger partial charge in [0.1, 0.15) is 0 Å². The van der Waals surface area contributed by atoms with E-state index in [1.54, 1.807) is 6.92 Å². The van der Waals surface area contributed by atoms with Crippen LogP contribution >= 0.6 is 12.6 Å². The van der Waals surface area contributed by atoms with Crippen LogP contribution in [0.15, 0.2) is 29.2 Å². The highest BCUT2D eigenvalue weighted by molar-refractivity contribution is 7.80. The molecule has 0 spiro atoms. The van der Waals surface area contributed by atoms with E-state index in [0.29, 0.717) is 19.4 Å². The van der Waals surface area contributed by atoms with Gasteiger partial charge in [-0.05, 0) is 37.5 Å². The lowest BCUT2D eigenvalue weighted by Crippen LogP contribution is -2.26. The van der Waals surface area contributed by atoms with Gasteiger partial charge in [-0.25, -0.2) is 0 Å². The van der Waals surface area contributed by atoms with Crippen LogP contribution in [0.25, 0.3) is 0 Å². The van der Waals surface area contributed by atoms with Crippen molar-refractivity contribution in [3.8, 4) is 0 Å². The number of aliphatic hydroxyl groups is 1. The van der Waals surface area contributed by atoms with Crippen molar-refractivity contribution in [1.82, 2.24) is 5.32 Å². The summed E-state index contributed by atoms with van der Waals surface area (Å²) in [5.74, 6) is 0.0162. The van der Waals surface area contributed by atoms with Gasteiger partial charge >= 0.3 is 0 Å². The van der Waals surface area contributed by atoms with Crippen LogP contribution in [0.4, 0.5) is 0 Å². The Morgan fingerprint density at radius 2 is 2.06 bits per heavy atom. The van der Waals surface area contributed by atoms with E-state index >= 15 is 0 Å². The van der Waals surface area contributed by atoms with Crippen LogP contribution < -0.4 is 5.32 Å². The Balaban J connectivity index is 2.23. The fraction of sp³-hybridized carbons (Fsp3) is 0.462. The topological polar surface area (TPSA) is 49.3 Å². The van der Waals surface area contributed by atoms with E-state index < -0.39 is 0 Å². The van der Waals surface area contributed by atoms with Crippen molar-refractivity contribution in [3.05, 3.63) is 29.8 Å². The fourth-order valence-electron chi connectivity index (χ4n) is 1.49. The van der Waals surface area contributed by atoms with Gasteiger partial charge in [0.2, 0.25) is 5.91 Å². The van der Waals surface area contributed by atoms with E-state index in [4.69, 9.17) is 5.11 Å². The van der Waals surface area contributed by atoms with Crippen molar-refractivity contribution in [2.75, 3.05) is 6.54 Å². The maximum absolute atomic E-state index is 11.5. The first-order valence-corrected chi connectivity index (χ1v) is 6.25. The maximum Gasteiger partial charge on any atom is 0.224 e. The molecule has 0 aromatic heterocycles. The first kappa shape index (κ1) is 14.1. The van der Waals surface area contributed by atoms with Crippen LogP contribution in [0.2, 0.25) is 0 Å². The molecular formula is C13H19NO2S. The van der Waals surface area contributed by atoms with Crippen molar-refractivity contribution >= 4 is 18.5 Å². The molecule has 1 rings (SSSR count). The zero-order chi connectivity index (χ0) is 12.7. The normalized spacial score (nSPS) is 12.2. The molecule has 0 saturated heterocycles. The lowest BCUT2D eigenvalue weighted by Gasteiger charge is -2.06. The first-order chi connectivity index (χ1) is 8.08. The number of hydrogen-bond acceptors (Lipinski definition) is 3. The third kappa shape index (κ3) is 6.34. The van der Waals surface area contributed by atoms with E-state index in [0.717, 1.165) is 16.9 Å². The van der Waals surface area contributed by atoms with Crippen molar-refractivity contribution in [3.63, 3.8) is 0 Å². The predicted molar refractivity (Wildman–Crippen MR) is 71.3 cm³/mol. The second-order valence-corrected chi connectivity index (χ2v) is 4.70. The number of carbonyl (C=O) groups is 1. The molecule has 1 atom stereocenters. The molecule has 0 aliphatic carbocycles. The molecule has 0 radical (unpaired) electrons. The highest BCUT2D eigenvalue weighted by Crippen LogP contribution is 2.08. The van der Waals surface area contributed by atoms with E-state index in [1.165, 1.54) is 0 Å². The molecule has 4 heteroatoms. The zero-order valence-electron chi connectivity index (χ0n) is 10.0. The molecule has 17 heavy (non-hydrogen) atoms. The minimum absolute atomic E-state index is 0.0162. The van der Waals surface area contributed by atoms with Gasteiger partial charge in [-0.2, -0.15) is 0 Å². The third-order valence-electron chi connectivity index (χ3n) is 2.42. The van der Waals surface area contributed by atoms with Crippen molar-refractivity contribution in [2.45, 2.75) is 37.2 Å². The molecule has 0 heterocycles. The highest BCUT2D eigenvalue weighted by atomic mass is 32.1. The summed E-state index contributed by atoms with van der Waals surface area (Å²) >= 11 is 4.19. The van der Waals surface area contributed by atoms with Gasteiger partial charge in [-0.15, -0.1) is 12.6 Å². The molecular weight excluding hydrogens is 234 g/mol. The summed E-state index contributed by atoms with van der Waals surface area (Å²) in [6.07, 6.45) is 1.62. The van der Waals surface area contributed by atoms with Crippen LogP contribution in [-0.2, 0) is 11.2 Å². The van der Waals surface area contributed by atoms with Gasteiger partial charge in [0, 0.05) is 11.4 Å².